The van der Waals surface area contributed by atoms with Crippen LogP contribution in [0.1, 0.15) is 25.3 Å². The first kappa shape index (κ1) is 15.5. The molecule has 1 aromatic rings. The number of benzene rings is 1. The summed E-state index contributed by atoms with van der Waals surface area (Å²) < 4.78 is 25.7. The Morgan fingerprint density at radius 1 is 1.32 bits per heavy atom. The van der Waals surface area contributed by atoms with Gasteiger partial charge < -0.3 is 4.90 Å². The first-order valence-corrected chi connectivity index (χ1v) is 9.30. The molecule has 1 amide bonds. The first-order valence-electron chi connectivity index (χ1n) is 7.80. The quantitative estimate of drug-likeness (QED) is 0.830. The van der Waals surface area contributed by atoms with Gasteiger partial charge in [0.05, 0.1) is 11.2 Å². The molecule has 120 valence electrons. The lowest BCUT2D eigenvalue weighted by Crippen LogP contribution is -2.57. The van der Waals surface area contributed by atoms with Crippen LogP contribution in [-0.4, -0.2) is 43.5 Å². The Bertz CT molecular complexity index is 676. The van der Waals surface area contributed by atoms with Crippen molar-refractivity contribution < 1.29 is 13.2 Å². The molecule has 0 N–H and O–H groups in total. The maximum atomic E-state index is 12.6. The van der Waals surface area contributed by atoms with Gasteiger partial charge in [-0.2, -0.15) is 4.31 Å². The third kappa shape index (κ3) is 2.77. The molecule has 2 aliphatic rings. The highest BCUT2D eigenvalue weighted by Crippen LogP contribution is 2.35. The molecule has 0 radical (unpaired) electrons. The lowest BCUT2D eigenvalue weighted by molar-refractivity contribution is -0.125. The van der Waals surface area contributed by atoms with Crippen molar-refractivity contribution in [2.75, 3.05) is 24.5 Å². The van der Waals surface area contributed by atoms with Crippen LogP contribution in [0.5, 0.6) is 0 Å². The van der Waals surface area contributed by atoms with Gasteiger partial charge in [0.1, 0.15) is 0 Å². The van der Waals surface area contributed by atoms with Crippen molar-refractivity contribution in [3.8, 4) is 0 Å². The molecule has 6 heteroatoms. The summed E-state index contributed by atoms with van der Waals surface area (Å²) in [7, 11) is -3.14. The van der Waals surface area contributed by atoms with Crippen LogP contribution in [0.3, 0.4) is 0 Å². The van der Waals surface area contributed by atoms with Crippen LogP contribution < -0.4 is 4.90 Å². The summed E-state index contributed by atoms with van der Waals surface area (Å²) in [4.78, 5) is 14.4. The Morgan fingerprint density at radius 3 is 2.55 bits per heavy atom. The number of amides is 1. The minimum Gasteiger partial charge on any atom is -0.312 e. The normalized spacial score (nSPS) is 19.7. The van der Waals surface area contributed by atoms with Crippen LogP contribution in [0.15, 0.2) is 24.3 Å². The molecule has 1 saturated heterocycles. The Labute approximate surface area is 132 Å². The molecule has 0 unspecified atom stereocenters. The van der Waals surface area contributed by atoms with Crippen molar-refractivity contribution in [1.82, 2.24) is 4.31 Å². The average Bonchev–Trinajstić information content (AvgIpc) is 3.22. The van der Waals surface area contributed by atoms with Gasteiger partial charge in [-0.3, -0.25) is 4.79 Å². The molecule has 0 bridgehead atoms. The van der Waals surface area contributed by atoms with Crippen LogP contribution >= 0.6 is 0 Å². The number of anilines is 1. The number of hydrogen-bond acceptors (Lipinski definition) is 3. The molecule has 22 heavy (non-hydrogen) atoms. The number of carbonyl (C=O) groups is 1. The van der Waals surface area contributed by atoms with Crippen LogP contribution in [0, 0.1) is 12.8 Å². The van der Waals surface area contributed by atoms with E-state index in [0.717, 1.165) is 24.1 Å². The standard InChI is InChI=1S/C16H22N2O3S/c1-3-18(14-6-4-5-12(2)9-14)16(19)13-10-17(11-13)22(20,21)15-7-8-15/h4-6,9,13,15H,3,7-8,10-11H2,1-2H3. The van der Waals surface area contributed by atoms with Gasteiger partial charge in [0.25, 0.3) is 0 Å². The summed E-state index contributed by atoms with van der Waals surface area (Å²) in [6.45, 7) is 5.20. The number of rotatable bonds is 5. The Hall–Kier alpha value is -1.40. The number of aryl methyl sites for hydroxylation is 1. The molecule has 1 aliphatic carbocycles. The van der Waals surface area contributed by atoms with Gasteiger partial charge in [-0.05, 0) is 44.4 Å². The van der Waals surface area contributed by atoms with E-state index in [4.69, 9.17) is 0 Å². The van der Waals surface area contributed by atoms with Gasteiger partial charge >= 0.3 is 0 Å². The molecule has 1 saturated carbocycles. The zero-order chi connectivity index (χ0) is 15.9. The van der Waals surface area contributed by atoms with Crippen LogP contribution in [0.4, 0.5) is 5.69 Å². The smallest absolute Gasteiger partial charge is 0.232 e. The van der Waals surface area contributed by atoms with Gasteiger partial charge in [-0.25, -0.2) is 8.42 Å². The fraction of sp³-hybridized carbons (Fsp3) is 0.562. The minimum absolute atomic E-state index is 0.0235. The molecule has 2 fully saturated rings. The lowest BCUT2D eigenvalue weighted by atomic mass is 10.0. The van der Waals surface area contributed by atoms with E-state index in [1.54, 1.807) is 4.90 Å². The fourth-order valence-electron chi connectivity index (χ4n) is 2.86. The van der Waals surface area contributed by atoms with Crippen LogP contribution in [0.2, 0.25) is 0 Å². The summed E-state index contributed by atoms with van der Waals surface area (Å²) in [5.74, 6) is -0.190. The van der Waals surface area contributed by atoms with Crippen molar-refractivity contribution >= 4 is 21.6 Å². The molecule has 0 aromatic heterocycles. The lowest BCUT2D eigenvalue weighted by Gasteiger charge is -2.39. The van der Waals surface area contributed by atoms with Crippen LogP contribution in [0.25, 0.3) is 0 Å². The van der Waals surface area contributed by atoms with E-state index in [1.807, 2.05) is 38.1 Å². The minimum atomic E-state index is -3.14. The first-order chi connectivity index (χ1) is 10.4. The maximum Gasteiger partial charge on any atom is 0.232 e. The van der Waals surface area contributed by atoms with Crippen molar-refractivity contribution in [3.63, 3.8) is 0 Å². The molecule has 5 nitrogen and oxygen atoms in total. The Morgan fingerprint density at radius 2 is 2.00 bits per heavy atom. The second kappa shape index (κ2) is 5.66. The van der Waals surface area contributed by atoms with Gasteiger partial charge in [-0.1, -0.05) is 12.1 Å². The summed E-state index contributed by atoms with van der Waals surface area (Å²) in [6.07, 6.45) is 1.53. The molecular formula is C16H22N2O3S. The largest absolute Gasteiger partial charge is 0.312 e. The van der Waals surface area contributed by atoms with Crippen molar-refractivity contribution in [3.05, 3.63) is 29.8 Å². The highest BCUT2D eigenvalue weighted by Gasteiger charge is 2.47. The highest BCUT2D eigenvalue weighted by atomic mass is 32.2. The Balaban J connectivity index is 1.67. The summed E-state index contributed by atoms with van der Waals surface area (Å²) >= 11 is 0. The number of sulfonamides is 1. The van der Waals surface area contributed by atoms with Gasteiger partial charge in [0.15, 0.2) is 0 Å². The number of nitrogens with zero attached hydrogens (tertiary/aromatic N) is 2. The molecule has 1 aromatic carbocycles. The molecule has 1 aliphatic heterocycles. The van der Waals surface area contributed by atoms with E-state index < -0.39 is 10.0 Å². The van der Waals surface area contributed by atoms with E-state index in [-0.39, 0.29) is 17.1 Å². The van der Waals surface area contributed by atoms with Crippen molar-refractivity contribution in [2.45, 2.75) is 31.9 Å². The molecular weight excluding hydrogens is 300 g/mol. The second-order valence-electron chi connectivity index (χ2n) is 6.18. The second-order valence-corrected chi connectivity index (χ2v) is 8.39. The molecule has 3 rings (SSSR count). The van der Waals surface area contributed by atoms with Crippen molar-refractivity contribution in [1.29, 1.82) is 0 Å². The van der Waals surface area contributed by atoms with E-state index in [0.29, 0.717) is 19.6 Å². The van der Waals surface area contributed by atoms with E-state index in [2.05, 4.69) is 0 Å². The van der Waals surface area contributed by atoms with Crippen LogP contribution in [-0.2, 0) is 14.8 Å². The summed E-state index contributed by atoms with van der Waals surface area (Å²) in [6, 6.07) is 7.84. The number of carbonyl (C=O) groups excluding carboxylic acids is 1. The van der Waals surface area contributed by atoms with Crippen molar-refractivity contribution in [2.24, 2.45) is 5.92 Å². The van der Waals surface area contributed by atoms with E-state index in [1.165, 1.54) is 4.31 Å². The zero-order valence-corrected chi connectivity index (χ0v) is 13.8. The predicted octanol–water partition coefficient (Wildman–Crippen LogP) is 1.77. The SMILES string of the molecule is CCN(C(=O)C1CN(S(=O)(=O)C2CC2)C1)c1cccc(C)c1. The van der Waals surface area contributed by atoms with Gasteiger partial charge in [0, 0.05) is 25.3 Å². The third-order valence-electron chi connectivity index (χ3n) is 4.40. The topological polar surface area (TPSA) is 57.7 Å². The number of hydrogen-bond donors (Lipinski definition) is 0. The average molecular weight is 322 g/mol. The van der Waals surface area contributed by atoms with E-state index in [9.17, 15) is 13.2 Å². The summed E-state index contributed by atoms with van der Waals surface area (Å²) in [5.41, 5.74) is 1.99. The van der Waals surface area contributed by atoms with Gasteiger partial charge in [0.2, 0.25) is 15.9 Å². The van der Waals surface area contributed by atoms with E-state index >= 15 is 0 Å². The molecule has 1 heterocycles. The third-order valence-corrected chi connectivity index (χ3v) is 6.73. The van der Waals surface area contributed by atoms with Gasteiger partial charge in [-0.15, -0.1) is 0 Å². The highest BCUT2D eigenvalue weighted by molar-refractivity contribution is 7.90. The predicted molar refractivity (Wildman–Crippen MR) is 86.2 cm³/mol. The zero-order valence-electron chi connectivity index (χ0n) is 13.0. The Kier molecular flexibility index (Phi) is 3.99. The summed E-state index contributed by atoms with van der Waals surface area (Å²) in [5, 5.41) is -0.192. The maximum absolute atomic E-state index is 12.6. The fourth-order valence-corrected chi connectivity index (χ4v) is 4.79. The monoisotopic (exact) mass is 322 g/mol. The molecule has 0 spiro atoms. The molecule has 0 atom stereocenters.